The zero-order chi connectivity index (χ0) is 22.5. The van der Waals surface area contributed by atoms with E-state index in [2.05, 4.69) is 0 Å². The average Bonchev–Trinajstić information content (AvgIpc) is 2.76. The third-order valence-corrected chi connectivity index (χ3v) is 4.85. The van der Waals surface area contributed by atoms with Crippen LogP contribution >= 0.6 is 0 Å². The zero-order valence-electron chi connectivity index (χ0n) is 16.9. The molecule has 1 saturated heterocycles. The van der Waals surface area contributed by atoms with Gasteiger partial charge in [0, 0.05) is 6.07 Å². The Morgan fingerprint density at radius 3 is 2.61 bits per heavy atom. The molecule has 0 aliphatic carbocycles. The van der Waals surface area contributed by atoms with Gasteiger partial charge in [-0.1, -0.05) is 19.1 Å². The molecule has 0 amide bonds. The standard InChI is InChI=1S/C21H26O10/c1-2-3-4-5-8-28-11-6-7-12-13(9-11)29-20(27)19(15(12)23)31-21-18(26)17(25)16(24)14(10-22)30-21/h3-4,6-7,9,14,16-18,21-26H,2,5,8,10H2,1H3/b4-3+/t14-,16-,17+,18-,21+/m1/s1. The van der Waals surface area contributed by atoms with Crippen molar-refractivity contribution < 1.29 is 44.2 Å². The summed E-state index contributed by atoms with van der Waals surface area (Å²) in [4.78, 5) is 12.4. The van der Waals surface area contributed by atoms with Gasteiger partial charge in [0.15, 0.2) is 5.75 Å². The highest BCUT2D eigenvalue weighted by Gasteiger charge is 2.45. The molecule has 0 spiro atoms. The topological polar surface area (TPSA) is 159 Å². The van der Waals surface area contributed by atoms with Crippen LogP contribution in [0.3, 0.4) is 0 Å². The lowest BCUT2D eigenvalue weighted by Gasteiger charge is -2.39. The summed E-state index contributed by atoms with van der Waals surface area (Å²) in [6, 6.07) is 4.52. The van der Waals surface area contributed by atoms with Crippen molar-refractivity contribution in [3.05, 3.63) is 40.8 Å². The van der Waals surface area contributed by atoms with Gasteiger partial charge in [-0.3, -0.25) is 0 Å². The van der Waals surface area contributed by atoms with Crippen LogP contribution in [0.2, 0.25) is 0 Å². The Bertz CT molecular complexity index is 967. The van der Waals surface area contributed by atoms with E-state index in [4.69, 9.17) is 18.6 Å². The lowest BCUT2D eigenvalue weighted by Crippen LogP contribution is -2.60. The van der Waals surface area contributed by atoms with Crippen molar-refractivity contribution in [2.75, 3.05) is 13.2 Å². The molecule has 5 N–H and O–H groups in total. The second-order valence-electron chi connectivity index (χ2n) is 7.06. The Morgan fingerprint density at radius 2 is 1.90 bits per heavy atom. The van der Waals surface area contributed by atoms with Gasteiger partial charge in [-0.05, 0) is 25.0 Å². The van der Waals surface area contributed by atoms with Crippen LogP contribution in [0.5, 0.6) is 17.2 Å². The van der Waals surface area contributed by atoms with E-state index >= 15 is 0 Å². The van der Waals surface area contributed by atoms with Crippen molar-refractivity contribution in [1.29, 1.82) is 0 Å². The van der Waals surface area contributed by atoms with Crippen LogP contribution < -0.4 is 15.1 Å². The summed E-state index contributed by atoms with van der Waals surface area (Å²) in [6.45, 7) is 1.79. The number of ether oxygens (including phenoxy) is 3. The van der Waals surface area contributed by atoms with Gasteiger partial charge in [0.2, 0.25) is 6.29 Å². The van der Waals surface area contributed by atoms with E-state index in [1.807, 2.05) is 19.1 Å². The number of rotatable bonds is 8. The molecule has 1 aliphatic rings. The smallest absolute Gasteiger partial charge is 0.383 e. The fraction of sp³-hybridized carbons (Fsp3) is 0.476. The highest BCUT2D eigenvalue weighted by molar-refractivity contribution is 5.86. The molecule has 1 aliphatic heterocycles. The molecule has 10 heteroatoms. The molecule has 1 aromatic carbocycles. The molecule has 170 valence electrons. The van der Waals surface area contributed by atoms with Crippen molar-refractivity contribution in [1.82, 2.24) is 0 Å². The number of allylic oxidation sites excluding steroid dienone is 1. The van der Waals surface area contributed by atoms with Gasteiger partial charge in [0.25, 0.3) is 5.75 Å². The van der Waals surface area contributed by atoms with E-state index in [1.54, 1.807) is 6.07 Å². The molecule has 3 rings (SSSR count). The molecular formula is C21H26O10. The van der Waals surface area contributed by atoms with E-state index in [0.29, 0.717) is 18.8 Å². The predicted octanol–water partition coefficient (Wildman–Crippen LogP) is 0.412. The summed E-state index contributed by atoms with van der Waals surface area (Å²) in [5.41, 5.74) is -0.991. The van der Waals surface area contributed by atoms with Crippen molar-refractivity contribution >= 4 is 11.0 Å². The summed E-state index contributed by atoms with van der Waals surface area (Å²) in [7, 11) is 0. The van der Waals surface area contributed by atoms with Crippen LogP contribution in [0.25, 0.3) is 11.0 Å². The van der Waals surface area contributed by atoms with E-state index in [0.717, 1.165) is 6.42 Å². The number of fused-ring (bicyclic) bond motifs is 1. The molecule has 5 atom stereocenters. The van der Waals surface area contributed by atoms with Crippen LogP contribution in [0.1, 0.15) is 19.8 Å². The van der Waals surface area contributed by atoms with Gasteiger partial charge >= 0.3 is 5.63 Å². The predicted molar refractivity (Wildman–Crippen MR) is 108 cm³/mol. The van der Waals surface area contributed by atoms with Crippen LogP contribution in [0.4, 0.5) is 0 Å². The first-order chi connectivity index (χ1) is 14.9. The van der Waals surface area contributed by atoms with Crippen molar-refractivity contribution in [3.8, 4) is 17.2 Å². The number of aliphatic hydroxyl groups is 4. The number of aromatic hydroxyl groups is 1. The van der Waals surface area contributed by atoms with E-state index in [9.17, 15) is 30.3 Å². The van der Waals surface area contributed by atoms with Gasteiger partial charge < -0.3 is 44.2 Å². The molecule has 0 bridgehead atoms. The second-order valence-corrected chi connectivity index (χ2v) is 7.06. The molecule has 1 aromatic heterocycles. The third kappa shape index (κ3) is 5.00. The highest BCUT2D eigenvalue weighted by atomic mass is 16.7. The average molecular weight is 438 g/mol. The molecular weight excluding hydrogens is 412 g/mol. The van der Waals surface area contributed by atoms with Gasteiger partial charge in [0.1, 0.15) is 35.7 Å². The Kier molecular flexibility index (Phi) is 7.52. The number of hydrogen-bond donors (Lipinski definition) is 5. The maximum absolute atomic E-state index is 12.4. The van der Waals surface area contributed by atoms with Crippen molar-refractivity contribution in [2.45, 2.75) is 50.5 Å². The van der Waals surface area contributed by atoms with Crippen molar-refractivity contribution in [3.63, 3.8) is 0 Å². The summed E-state index contributed by atoms with van der Waals surface area (Å²) < 4.78 is 21.3. The Labute approximate surface area is 177 Å². The van der Waals surface area contributed by atoms with E-state index < -0.39 is 54.4 Å². The van der Waals surface area contributed by atoms with Crippen molar-refractivity contribution in [2.24, 2.45) is 0 Å². The van der Waals surface area contributed by atoms with Gasteiger partial charge in [-0.2, -0.15) is 0 Å². The third-order valence-electron chi connectivity index (χ3n) is 4.85. The maximum atomic E-state index is 12.4. The maximum Gasteiger partial charge on any atom is 0.383 e. The van der Waals surface area contributed by atoms with Crippen LogP contribution in [0, 0.1) is 0 Å². The molecule has 10 nitrogen and oxygen atoms in total. The fourth-order valence-electron chi connectivity index (χ4n) is 3.15. The lowest BCUT2D eigenvalue weighted by molar-refractivity contribution is -0.278. The fourth-order valence-corrected chi connectivity index (χ4v) is 3.15. The molecule has 31 heavy (non-hydrogen) atoms. The minimum absolute atomic E-state index is 0.0604. The quantitative estimate of drug-likeness (QED) is 0.222. The Morgan fingerprint density at radius 1 is 1.13 bits per heavy atom. The number of hydrogen-bond acceptors (Lipinski definition) is 10. The minimum Gasteiger partial charge on any atom is -0.504 e. The SMILES string of the molecule is CC/C=C/CCOc1ccc2c(O)c(O[C@@H]3O[C@H](CO)[C@@H](O)[C@H](O)[C@H]3O)c(=O)oc2c1. The molecule has 0 radical (unpaired) electrons. The summed E-state index contributed by atoms with van der Waals surface area (Å²) in [5.74, 6) is -0.751. The van der Waals surface area contributed by atoms with Gasteiger partial charge in [-0.15, -0.1) is 0 Å². The minimum atomic E-state index is -1.75. The number of aliphatic hydroxyl groups excluding tert-OH is 4. The molecule has 2 aromatic rings. The largest absolute Gasteiger partial charge is 0.504 e. The van der Waals surface area contributed by atoms with E-state index in [1.165, 1.54) is 12.1 Å². The number of benzene rings is 1. The summed E-state index contributed by atoms with van der Waals surface area (Å²) in [6.07, 6.45) is -2.22. The Hall–Kier alpha value is -2.63. The lowest BCUT2D eigenvalue weighted by atomic mass is 9.99. The molecule has 0 unspecified atom stereocenters. The van der Waals surface area contributed by atoms with Crippen LogP contribution in [-0.4, -0.2) is 69.5 Å². The normalized spacial score (nSPS) is 26.4. The summed E-state index contributed by atoms with van der Waals surface area (Å²) in [5, 5.41) is 49.7. The first kappa shape index (κ1) is 23.0. The first-order valence-electron chi connectivity index (χ1n) is 9.92. The second kappa shape index (κ2) is 10.1. The van der Waals surface area contributed by atoms with Crippen LogP contribution in [-0.2, 0) is 4.74 Å². The molecule has 0 saturated carbocycles. The van der Waals surface area contributed by atoms with E-state index in [-0.39, 0.29) is 11.0 Å². The Balaban J connectivity index is 1.81. The monoisotopic (exact) mass is 438 g/mol. The first-order valence-corrected chi connectivity index (χ1v) is 9.92. The summed E-state index contributed by atoms with van der Waals surface area (Å²) >= 11 is 0. The van der Waals surface area contributed by atoms with Gasteiger partial charge in [0.05, 0.1) is 18.6 Å². The van der Waals surface area contributed by atoms with Gasteiger partial charge in [-0.25, -0.2) is 4.79 Å². The van der Waals surface area contributed by atoms with Crippen LogP contribution in [0.15, 0.2) is 39.6 Å². The molecule has 1 fully saturated rings. The zero-order valence-corrected chi connectivity index (χ0v) is 16.9. The highest BCUT2D eigenvalue weighted by Crippen LogP contribution is 2.35. The molecule has 2 heterocycles.